The Morgan fingerprint density at radius 1 is 1.28 bits per heavy atom. The summed E-state index contributed by atoms with van der Waals surface area (Å²) in [5, 5.41) is 16.9. The van der Waals surface area contributed by atoms with Gasteiger partial charge in [-0.1, -0.05) is 0 Å². The Morgan fingerprint density at radius 2 is 2.00 bits per heavy atom. The van der Waals surface area contributed by atoms with E-state index in [0.717, 1.165) is 11.1 Å². The molecule has 1 amide bonds. The zero-order chi connectivity index (χ0) is 21.3. The van der Waals surface area contributed by atoms with Crippen LogP contribution in [0, 0.1) is 5.41 Å². The van der Waals surface area contributed by atoms with Crippen molar-refractivity contribution in [3.63, 3.8) is 0 Å². The van der Waals surface area contributed by atoms with Crippen LogP contribution in [0.5, 0.6) is 5.88 Å². The molecule has 3 aromatic heterocycles. The van der Waals surface area contributed by atoms with Crippen LogP contribution in [0.2, 0.25) is 0 Å². The fourth-order valence-corrected chi connectivity index (χ4v) is 2.81. The molecule has 0 saturated carbocycles. The van der Waals surface area contributed by atoms with Crippen molar-refractivity contribution in [1.82, 2.24) is 14.6 Å². The van der Waals surface area contributed by atoms with Crippen LogP contribution in [0.3, 0.4) is 0 Å². The minimum absolute atomic E-state index is 0.183. The second-order valence-electron chi connectivity index (χ2n) is 7.34. The topological polar surface area (TPSA) is 132 Å². The normalized spacial score (nSPS) is 12.6. The van der Waals surface area contributed by atoms with Crippen molar-refractivity contribution in [3.05, 3.63) is 42.4 Å². The number of carboxylic acids is 1. The molecule has 0 bridgehead atoms. The van der Waals surface area contributed by atoms with Gasteiger partial charge in [0.1, 0.15) is 0 Å². The smallest absolute Gasteiger partial charge is 0.311 e. The molecule has 4 N–H and O–H groups in total. The number of fused-ring (bicyclic) bond motifs is 1. The van der Waals surface area contributed by atoms with Crippen molar-refractivity contribution in [3.8, 4) is 17.0 Å². The van der Waals surface area contributed by atoms with Crippen molar-refractivity contribution in [2.45, 2.75) is 26.8 Å². The van der Waals surface area contributed by atoms with Crippen LogP contribution in [0.15, 0.2) is 36.8 Å². The van der Waals surface area contributed by atoms with E-state index in [1.807, 2.05) is 12.1 Å². The van der Waals surface area contributed by atoms with Crippen molar-refractivity contribution in [2.24, 2.45) is 11.1 Å². The predicted molar refractivity (Wildman–Crippen MR) is 108 cm³/mol. The van der Waals surface area contributed by atoms with Gasteiger partial charge in [0.2, 0.25) is 5.88 Å². The molecule has 0 radical (unpaired) electrons. The predicted octanol–water partition coefficient (Wildman–Crippen LogP) is 2.42. The standard InChI is InChI=1S/C20H23N5O4/c1-11(20(2,3)19(27)28)24-17-14(18(21)26)9-23-25-10-13(7-15(17)25)12-5-6-16(29-4)22-8-12/h5-11,24H,1-4H3,(H2,21,26)(H,27,28). The fourth-order valence-electron chi connectivity index (χ4n) is 2.81. The first kappa shape index (κ1) is 20.1. The molecule has 0 aliphatic heterocycles. The van der Waals surface area contributed by atoms with Crippen molar-refractivity contribution in [2.75, 3.05) is 12.4 Å². The molecular weight excluding hydrogens is 374 g/mol. The molecule has 0 aromatic carbocycles. The largest absolute Gasteiger partial charge is 0.481 e. The van der Waals surface area contributed by atoms with Crippen molar-refractivity contribution < 1.29 is 19.4 Å². The quantitative estimate of drug-likeness (QED) is 0.558. The summed E-state index contributed by atoms with van der Waals surface area (Å²) in [4.78, 5) is 27.8. The molecule has 0 saturated heterocycles. The molecule has 3 aromatic rings. The number of rotatable bonds is 7. The number of nitrogens with one attached hydrogen (secondary N) is 1. The molecule has 152 valence electrons. The highest BCUT2D eigenvalue weighted by Gasteiger charge is 2.35. The molecule has 3 rings (SSSR count). The third-order valence-electron chi connectivity index (χ3n) is 5.18. The summed E-state index contributed by atoms with van der Waals surface area (Å²) < 4.78 is 6.69. The fraction of sp³-hybridized carbons (Fsp3) is 0.300. The first-order valence-electron chi connectivity index (χ1n) is 8.96. The Kier molecular flexibility index (Phi) is 5.15. The molecule has 9 heteroatoms. The Bertz CT molecular complexity index is 1070. The minimum Gasteiger partial charge on any atom is -0.481 e. The summed E-state index contributed by atoms with van der Waals surface area (Å²) in [5.74, 6) is -1.11. The molecule has 1 unspecified atom stereocenters. The number of hydrogen-bond donors (Lipinski definition) is 3. The van der Waals surface area contributed by atoms with Crippen LogP contribution in [0.1, 0.15) is 31.1 Å². The first-order chi connectivity index (χ1) is 13.6. The number of aliphatic carboxylic acids is 1. The first-order valence-corrected chi connectivity index (χ1v) is 8.96. The summed E-state index contributed by atoms with van der Waals surface area (Å²) in [5.41, 5.74) is 7.32. The lowest BCUT2D eigenvalue weighted by molar-refractivity contribution is -0.147. The summed E-state index contributed by atoms with van der Waals surface area (Å²) >= 11 is 0. The maximum Gasteiger partial charge on any atom is 0.311 e. The van der Waals surface area contributed by atoms with Gasteiger partial charge in [-0.3, -0.25) is 9.59 Å². The number of aromatic nitrogens is 3. The van der Waals surface area contributed by atoms with Gasteiger partial charge in [-0.15, -0.1) is 0 Å². The van der Waals surface area contributed by atoms with E-state index in [4.69, 9.17) is 10.5 Å². The average molecular weight is 397 g/mol. The number of carboxylic acid groups (broad SMARTS) is 1. The van der Waals surface area contributed by atoms with Gasteiger partial charge < -0.3 is 20.9 Å². The van der Waals surface area contributed by atoms with Crippen LogP contribution in [-0.2, 0) is 4.79 Å². The number of amides is 1. The Balaban J connectivity index is 2.10. The Labute approximate surface area is 167 Å². The third-order valence-corrected chi connectivity index (χ3v) is 5.18. The number of anilines is 1. The van der Waals surface area contributed by atoms with E-state index in [2.05, 4.69) is 15.4 Å². The number of nitrogens with two attached hydrogens (primary N) is 1. The van der Waals surface area contributed by atoms with Gasteiger partial charge in [-0.2, -0.15) is 5.10 Å². The lowest BCUT2D eigenvalue weighted by Crippen LogP contribution is -2.40. The summed E-state index contributed by atoms with van der Waals surface area (Å²) in [6, 6.07) is 4.95. The van der Waals surface area contributed by atoms with Gasteiger partial charge in [0, 0.05) is 35.6 Å². The second-order valence-corrected chi connectivity index (χ2v) is 7.34. The molecule has 0 fully saturated rings. The molecule has 0 spiro atoms. The average Bonchev–Trinajstić information content (AvgIpc) is 3.12. The van der Waals surface area contributed by atoms with Gasteiger partial charge in [-0.25, -0.2) is 9.50 Å². The van der Waals surface area contributed by atoms with E-state index >= 15 is 0 Å². The summed E-state index contributed by atoms with van der Waals surface area (Å²) in [6.45, 7) is 4.97. The summed E-state index contributed by atoms with van der Waals surface area (Å²) in [6.07, 6.45) is 4.84. The van der Waals surface area contributed by atoms with Crippen LogP contribution in [0.4, 0.5) is 5.69 Å². The highest BCUT2D eigenvalue weighted by atomic mass is 16.5. The molecule has 9 nitrogen and oxygen atoms in total. The molecular formula is C20H23N5O4. The van der Waals surface area contributed by atoms with Crippen LogP contribution in [0.25, 0.3) is 16.6 Å². The summed E-state index contributed by atoms with van der Waals surface area (Å²) in [7, 11) is 1.54. The number of carbonyl (C=O) groups excluding carboxylic acids is 1. The second kappa shape index (κ2) is 7.42. The van der Waals surface area contributed by atoms with Crippen LogP contribution < -0.4 is 15.8 Å². The molecule has 0 aliphatic rings. The molecule has 1 atom stereocenters. The molecule has 3 heterocycles. The zero-order valence-electron chi connectivity index (χ0n) is 16.6. The Hall–Kier alpha value is -3.62. The number of pyridine rings is 1. The van der Waals surface area contributed by atoms with Crippen molar-refractivity contribution >= 4 is 23.1 Å². The number of ether oxygens (including phenoxy) is 1. The minimum atomic E-state index is -1.08. The highest BCUT2D eigenvalue weighted by molar-refractivity contribution is 6.02. The maximum atomic E-state index is 12.0. The molecule has 0 aliphatic carbocycles. The highest BCUT2D eigenvalue weighted by Crippen LogP contribution is 2.31. The SMILES string of the molecule is COc1ccc(-c2cc3c(NC(C)C(C)(C)C(=O)O)c(C(N)=O)cnn3c2)cn1. The lowest BCUT2D eigenvalue weighted by atomic mass is 9.85. The number of primary amides is 1. The zero-order valence-corrected chi connectivity index (χ0v) is 16.6. The van der Waals surface area contributed by atoms with Crippen LogP contribution in [-0.4, -0.2) is 44.7 Å². The van der Waals surface area contributed by atoms with E-state index in [0.29, 0.717) is 17.1 Å². The number of carbonyl (C=O) groups is 2. The number of nitrogens with zero attached hydrogens (tertiary/aromatic N) is 3. The monoisotopic (exact) mass is 397 g/mol. The van der Waals surface area contributed by atoms with Gasteiger partial charge in [0.05, 0.1) is 35.5 Å². The van der Waals surface area contributed by atoms with Gasteiger partial charge in [-0.05, 0) is 32.9 Å². The van der Waals surface area contributed by atoms with Gasteiger partial charge in [0.25, 0.3) is 5.91 Å². The Morgan fingerprint density at radius 3 is 2.55 bits per heavy atom. The van der Waals surface area contributed by atoms with Gasteiger partial charge in [0.15, 0.2) is 0 Å². The lowest BCUT2D eigenvalue weighted by Gasteiger charge is -2.29. The number of hydrogen-bond acceptors (Lipinski definition) is 6. The van der Waals surface area contributed by atoms with E-state index in [9.17, 15) is 14.7 Å². The van der Waals surface area contributed by atoms with E-state index < -0.39 is 23.3 Å². The number of methoxy groups -OCH3 is 1. The third kappa shape index (κ3) is 3.71. The van der Waals surface area contributed by atoms with E-state index in [-0.39, 0.29) is 5.56 Å². The van der Waals surface area contributed by atoms with Crippen molar-refractivity contribution in [1.29, 1.82) is 0 Å². The van der Waals surface area contributed by atoms with E-state index in [1.165, 1.54) is 6.20 Å². The molecule has 29 heavy (non-hydrogen) atoms. The van der Waals surface area contributed by atoms with Gasteiger partial charge >= 0.3 is 5.97 Å². The maximum absolute atomic E-state index is 12.0. The van der Waals surface area contributed by atoms with E-state index in [1.54, 1.807) is 50.9 Å². The van der Waals surface area contributed by atoms with Crippen LogP contribution >= 0.6 is 0 Å².